The molecule has 2 radical (unpaired) electrons. The van der Waals surface area contributed by atoms with Crippen molar-refractivity contribution in [3.8, 4) is 0 Å². The highest BCUT2D eigenvalue weighted by Gasteiger charge is 2.15. The molecule has 1 heteroatoms. The van der Waals surface area contributed by atoms with Crippen LogP contribution in [0.2, 0.25) is 5.31 Å². The van der Waals surface area contributed by atoms with E-state index in [9.17, 15) is 0 Å². The Morgan fingerprint density at radius 3 is 2.67 bits per heavy atom. The molecule has 0 aromatic heterocycles. The predicted molar refractivity (Wildman–Crippen MR) is 41.6 cm³/mol. The van der Waals surface area contributed by atoms with Gasteiger partial charge in [0, 0.05) is 0 Å². The van der Waals surface area contributed by atoms with Crippen LogP contribution in [0.3, 0.4) is 0 Å². The molecule has 1 aliphatic rings. The van der Waals surface area contributed by atoms with Gasteiger partial charge in [0.25, 0.3) is 0 Å². The molecule has 9 heavy (non-hydrogen) atoms. The van der Waals surface area contributed by atoms with Crippen molar-refractivity contribution in [1.82, 2.24) is 0 Å². The molecule has 0 aliphatic heterocycles. The average molecular weight is 118 g/mol. The van der Waals surface area contributed by atoms with Gasteiger partial charge in [0.1, 0.15) is 0 Å². The molecule has 0 saturated carbocycles. The van der Waals surface area contributed by atoms with Gasteiger partial charge in [-0.2, -0.15) is 0 Å². The predicted octanol–water partition coefficient (Wildman–Crippen LogP) is 2.24. The first kappa shape index (κ1) is 6.66. The summed E-state index contributed by atoms with van der Waals surface area (Å²) in [5.74, 6) is 0. The van der Waals surface area contributed by atoms with Crippen molar-refractivity contribution in [2.75, 3.05) is 0 Å². The van der Waals surface area contributed by atoms with E-state index >= 15 is 0 Å². The zero-order valence-electron chi connectivity index (χ0n) is 6.02. The van der Waals surface area contributed by atoms with E-state index in [4.69, 9.17) is 7.85 Å². The smallest absolute Gasteiger partial charge is 0.0802 e. The molecule has 0 fully saturated rings. The molecule has 0 aromatic rings. The fraction of sp³-hybridized carbons (Fsp3) is 0.500. The van der Waals surface area contributed by atoms with E-state index in [2.05, 4.69) is 13.0 Å². The zero-order chi connectivity index (χ0) is 6.91. The monoisotopic (exact) mass is 118 g/mol. The van der Waals surface area contributed by atoms with Gasteiger partial charge in [-0.15, -0.1) is 0 Å². The number of allylic oxidation sites excluding steroid dienone is 4. The summed E-state index contributed by atoms with van der Waals surface area (Å²) in [6.45, 7) is 4.15. The van der Waals surface area contributed by atoms with E-state index in [1.165, 1.54) is 5.57 Å². The average Bonchev–Trinajstić information content (AvgIpc) is 1.60. The van der Waals surface area contributed by atoms with Gasteiger partial charge >= 0.3 is 0 Å². The van der Waals surface area contributed by atoms with Gasteiger partial charge in [0.05, 0.1) is 7.85 Å². The Labute approximate surface area is 58.1 Å². The van der Waals surface area contributed by atoms with E-state index < -0.39 is 0 Å². The Hall–Kier alpha value is -0.455. The van der Waals surface area contributed by atoms with Crippen LogP contribution in [0, 0.1) is 0 Å². The fourth-order valence-corrected chi connectivity index (χ4v) is 1.15. The molecule has 0 amide bonds. The van der Waals surface area contributed by atoms with Gasteiger partial charge in [-0.3, -0.25) is 0 Å². The van der Waals surface area contributed by atoms with Crippen LogP contribution in [-0.2, 0) is 0 Å². The minimum Gasteiger partial charge on any atom is -0.0870 e. The summed E-state index contributed by atoms with van der Waals surface area (Å²) in [5.41, 5.74) is 1.36. The molecular formula is C8H11B. The van der Waals surface area contributed by atoms with E-state index in [-0.39, 0.29) is 5.31 Å². The first-order chi connectivity index (χ1) is 4.10. The number of hydrogen-bond donors (Lipinski definition) is 0. The van der Waals surface area contributed by atoms with Crippen LogP contribution in [0.4, 0.5) is 0 Å². The van der Waals surface area contributed by atoms with Crippen molar-refractivity contribution in [3.63, 3.8) is 0 Å². The maximum Gasteiger partial charge on any atom is 0.0802 e. The first-order valence-electron chi connectivity index (χ1n) is 3.24. The summed E-state index contributed by atoms with van der Waals surface area (Å²) in [6.07, 6.45) is 7.16. The molecule has 0 saturated heterocycles. The molecule has 1 aliphatic carbocycles. The van der Waals surface area contributed by atoms with Gasteiger partial charge in [-0.05, 0) is 18.7 Å². The Morgan fingerprint density at radius 2 is 2.33 bits per heavy atom. The second kappa shape index (κ2) is 2.05. The molecule has 0 bridgehead atoms. The third-order valence-corrected chi connectivity index (χ3v) is 1.52. The third kappa shape index (κ3) is 1.74. The molecule has 0 nitrogen and oxygen atoms in total. The Bertz CT molecular complexity index is 163. The molecule has 1 atom stereocenters. The van der Waals surface area contributed by atoms with Crippen molar-refractivity contribution in [2.45, 2.75) is 25.6 Å². The summed E-state index contributed by atoms with van der Waals surface area (Å²) in [6, 6.07) is 0. The zero-order valence-corrected chi connectivity index (χ0v) is 6.02. The highest BCUT2D eigenvalue weighted by Crippen LogP contribution is 2.33. The first-order valence-corrected chi connectivity index (χ1v) is 3.24. The lowest BCUT2D eigenvalue weighted by Crippen LogP contribution is -2.06. The summed E-state index contributed by atoms with van der Waals surface area (Å²) < 4.78 is 0. The van der Waals surface area contributed by atoms with Gasteiger partial charge in [0.15, 0.2) is 0 Å². The lowest BCUT2D eigenvalue weighted by molar-refractivity contribution is 0.733. The third-order valence-electron chi connectivity index (χ3n) is 1.52. The van der Waals surface area contributed by atoms with Crippen LogP contribution in [0.15, 0.2) is 23.8 Å². The van der Waals surface area contributed by atoms with Crippen molar-refractivity contribution in [1.29, 1.82) is 0 Å². The number of rotatable bonds is 0. The number of hydrogen-bond acceptors (Lipinski definition) is 0. The van der Waals surface area contributed by atoms with E-state index in [1.54, 1.807) is 0 Å². The van der Waals surface area contributed by atoms with Gasteiger partial charge in [-0.1, -0.05) is 30.7 Å². The van der Waals surface area contributed by atoms with E-state index in [0.717, 1.165) is 6.42 Å². The molecule has 0 aromatic carbocycles. The fourth-order valence-electron chi connectivity index (χ4n) is 1.15. The van der Waals surface area contributed by atoms with Crippen LogP contribution in [0.25, 0.3) is 0 Å². The summed E-state index contributed by atoms with van der Waals surface area (Å²) in [4.78, 5) is 0. The van der Waals surface area contributed by atoms with E-state index in [0.29, 0.717) is 0 Å². The summed E-state index contributed by atoms with van der Waals surface area (Å²) in [7, 11) is 5.84. The van der Waals surface area contributed by atoms with Crippen molar-refractivity contribution in [2.24, 2.45) is 0 Å². The standard InChI is InChI=1S/C8H11B/c1-7-4-3-5-8(2,9)6-7/h3-5H,6H2,1-2H3. The topological polar surface area (TPSA) is 0 Å². The molecule has 46 valence electrons. The van der Waals surface area contributed by atoms with Crippen LogP contribution >= 0.6 is 0 Å². The second-order valence-corrected chi connectivity index (χ2v) is 3.05. The quantitative estimate of drug-likeness (QED) is 0.428. The second-order valence-electron chi connectivity index (χ2n) is 3.05. The van der Waals surface area contributed by atoms with Gasteiger partial charge < -0.3 is 0 Å². The Morgan fingerprint density at radius 1 is 1.67 bits per heavy atom. The molecule has 0 heterocycles. The Balaban J connectivity index is 2.73. The van der Waals surface area contributed by atoms with Crippen LogP contribution in [0.1, 0.15) is 20.3 Å². The minimum atomic E-state index is -0.0984. The lowest BCUT2D eigenvalue weighted by Gasteiger charge is -2.23. The van der Waals surface area contributed by atoms with Crippen LogP contribution in [0.5, 0.6) is 0 Å². The van der Waals surface area contributed by atoms with Crippen molar-refractivity contribution >= 4 is 7.85 Å². The molecule has 1 rings (SSSR count). The maximum atomic E-state index is 5.84. The summed E-state index contributed by atoms with van der Waals surface area (Å²) >= 11 is 0. The van der Waals surface area contributed by atoms with Crippen LogP contribution < -0.4 is 0 Å². The maximum absolute atomic E-state index is 5.84. The van der Waals surface area contributed by atoms with E-state index in [1.807, 2.05) is 19.1 Å². The molecule has 1 unspecified atom stereocenters. The normalized spacial score (nSPS) is 34.2. The lowest BCUT2D eigenvalue weighted by atomic mass is 9.65. The summed E-state index contributed by atoms with van der Waals surface area (Å²) in [5, 5.41) is -0.0984. The highest BCUT2D eigenvalue weighted by molar-refractivity contribution is 6.16. The Kier molecular flexibility index (Phi) is 1.52. The van der Waals surface area contributed by atoms with Gasteiger partial charge in [-0.25, -0.2) is 0 Å². The minimum absolute atomic E-state index is 0.0984. The van der Waals surface area contributed by atoms with Gasteiger partial charge in [0.2, 0.25) is 0 Å². The molecular weight excluding hydrogens is 107 g/mol. The molecule has 0 N–H and O–H groups in total. The van der Waals surface area contributed by atoms with Crippen molar-refractivity contribution in [3.05, 3.63) is 23.8 Å². The molecule has 0 spiro atoms. The largest absolute Gasteiger partial charge is 0.0870 e. The van der Waals surface area contributed by atoms with Crippen molar-refractivity contribution < 1.29 is 0 Å². The highest BCUT2D eigenvalue weighted by atomic mass is 14.1. The SMILES string of the molecule is [B]C1(C)C=CC=C(C)C1. The van der Waals surface area contributed by atoms with Crippen LogP contribution in [-0.4, -0.2) is 7.85 Å².